The number of aliphatic carboxylic acids is 1. The molecule has 2 atom stereocenters. The lowest BCUT2D eigenvalue weighted by Crippen LogP contribution is -2.39. The summed E-state index contributed by atoms with van der Waals surface area (Å²) in [6, 6.07) is 6.98. The Balaban J connectivity index is 2.67. The van der Waals surface area contributed by atoms with Gasteiger partial charge in [0.2, 0.25) is 0 Å². The van der Waals surface area contributed by atoms with Crippen LogP contribution in [0.3, 0.4) is 0 Å². The summed E-state index contributed by atoms with van der Waals surface area (Å²) >= 11 is 0. The van der Waals surface area contributed by atoms with E-state index in [1.165, 1.54) is 0 Å². The SMILES string of the molecule is Cc1cccc([C@H](C)NCC(C(=O)O)C(F)(F)F)c1. The van der Waals surface area contributed by atoms with Gasteiger partial charge in [-0.2, -0.15) is 13.2 Å². The van der Waals surface area contributed by atoms with Gasteiger partial charge < -0.3 is 10.4 Å². The molecule has 1 rings (SSSR count). The molecule has 6 heteroatoms. The topological polar surface area (TPSA) is 49.3 Å². The maximum atomic E-state index is 12.5. The van der Waals surface area contributed by atoms with Crippen molar-refractivity contribution in [3.8, 4) is 0 Å². The van der Waals surface area contributed by atoms with Crippen molar-refractivity contribution in [2.75, 3.05) is 6.54 Å². The molecule has 0 saturated heterocycles. The van der Waals surface area contributed by atoms with Crippen molar-refractivity contribution < 1.29 is 23.1 Å². The van der Waals surface area contributed by atoms with Gasteiger partial charge >= 0.3 is 12.1 Å². The second-order valence-corrected chi connectivity index (χ2v) is 4.48. The van der Waals surface area contributed by atoms with Gasteiger partial charge in [-0.15, -0.1) is 0 Å². The smallest absolute Gasteiger partial charge is 0.403 e. The molecule has 0 fully saturated rings. The van der Waals surface area contributed by atoms with Crippen LogP contribution in [-0.4, -0.2) is 23.8 Å². The Hall–Kier alpha value is -1.56. The van der Waals surface area contributed by atoms with Gasteiger partial charge in [-0.3, -0.25) is 4.79 Å². The van der Waals surface area contributed by atoms with Crippen molar-refractivity contribution in [3.05, 3.63) is 35.4 Å². The number of carboxylic acid groups (broad SMARTS) is 1. The fraction of sp³-hybridized carbons (Fsp3) is 0.462. The number of benzene rings is 1. The monoisotopic (exact) mass is 275 g/mol. The fourth-order valence-electron chi connectivity index (χ4n) is 1.69. The number of aryl methyl sites for hydroxylation is 1. The Morgan fingerprint density at radius 2 is 2.05 bits per heavy atom. The van der Waals surface area contributed by atoms with E-state index >= 15 is 0 Å². The predicted octanol–water partition coefficient (Wildman–Crippen LogP) is 2.91. The number of rotatable bonds is 5. The number of carbonyl (C=O) groups is 1. The second kappa shape index (κ2) is 6.06. The van der Waals surface area contributed by atoms with Crippen LogP contribution in [0, 0.1) is 12.8 Å². The fourth-order valence-corrected chi connectivity index (χ4v) is 1.69. The first-order valence-electron chi connectivity index (χ1n) is 5.81. The standard InChI is InChI=1S/C13H16F3NO2/c1-8-4-3-5-10(6-8)9(2)17-7-11(12(18)19)13(14,15)16/h3-6,9,11,17H,7H2,1-2H3,(H,18,19)/t9-,11?/m0/s1. The maximum absolute atomic E-state index is 12.5. The first-order chi connectivity index (χ1) is 8.71. The normalized spacial score (nSPS) is 15.0. The van der Waals surface area contributed by atoms with E-state index in [2.05, 4.69) is 5.32 Å². The maximum Gasteiger partial charge on any atom is 0.403 e. The highest BCUT2D eigenvalue weighted by molar-refractivity contribution is 5.71. The molecule has 0 aromatic heterocycles. The molecule has 3 nitrogen and oxygen atoms in total. The Morgan fingerprint density at radius 3 is 2.53 bits per heavy atom. The van der Waals surface area contributed by atoms with Gasteiger partial charge in [-0.25, -0.2) is 0 Å². The number of alkyl halides is 3. The van der Waals surface area contributed by atoms with E-state index in [1.807, 2.05) is 19.1 Å². The average molecular weight is 275 g/mol. The summed E-state index contributed by atoms with van der Waals surface area (Å²) in [6.45, 7) is 2.93. The molecule has 0 aliphatic rings. The molecule has 0 saturated carbocycles. The quantitative estimate of drug-likeness (QED) is 0.868. The van der Waals surface area contributed by atoms with Crippen molar-refractivity contribution in [2.24, 2.45) is 5.92 Å². The molecule has 0 heterocycles. The lowest BCUT2D eigenvalue weighted by molar-refractivity contribution is -0.192. The van der Waals surface area contributed by atoms with Crippen molar-refractivity contribution >= 4 is 5.97 Å². The van der Waals surface area contributed by atoms with Crippen LogP contribution in [0.15, 0.2) is 24.3 Å². The van der Waals surface area contributed by atoms with Crippen LogP contribution < -0.4 is 5.32 Å². The summed E-state index contributed by atoms with van der Waals surface area (Å²) in [5.74, 6) is -4.25. The van der Waals surface area contributed by atoms with Crippen molar-refractivity contribution in [1.29, 1.82) is 0 Å². The van der Waals surface area contributed by atoms with E-state index in [0.717, 1.165) is 11.1 Å². The van der Waals surface area contributed by atoms with Gasteiger partial charge in [0.1, 0.15) is 0 Å². The van der Waals surface area contributed by atoms with Gasteiger partial charge in [0.15, 0.2) is 5.92 Å². The third-order valence-corrected chi connectivity index (χ3v) is 2.86. The molecule has 0 amide bonds. The van der Waals surface area contributed by atoms with Gasteiger partial charge in [-0.1, -0.05) is 29.8 Å². The minimum absolute atomic E-state index is 0.343. The van der Waals surface area contributed by atoms with Gasteiger partial charge in [-0.05, 0) is 19.4 Å². The average Bonchev–Trinajstić information content (AvgIpc) is 2.26. The molecule has 0 radical (unpaired) electrons. The summed E-state index contributed by atoms with van der Waals surface area (Å²) in [6.07, 6.45) is -4.74. The zero-order valence-corrected chi connectivity index (χ0v) is 10.7. The van der Waals surface area contributed by atoms with Crippen LogP contribution in [0.1, 0.15) is 24.1 Å². The molecular weight excluding hydrogens is 259 g/mol. The minimum atomic E-state index is -4.74. The van der Waals surface area contributed by atoms with E-state index in [4.69, 9.17) is 5.11 Å². The highest BCUT2D eigenvalue weighted by atomic mass is 19.4. The second-order valence-electron chi connectivity index (χ2n) is 4.48. The van der Waals surface area contributed by atoms with E-state index < -0.39 is 24.6 Å². The first kappa shape index (κ1) is 15.5. The Bertz CT molecular complexity index is 446. The number of halogens is 3. The van der Waals surface area contributed by atoms with Crippen molar-refractivity contribution in [3.63, 3.8) is 0 Å². The van der Waals surface area contributed by atoms with E-state index in [0.29, 0.717) is 0 Å². The lowest BCUT2D eigenvalue weighted by atomic mass is 10.0. The van der Waals surface area contributed by atoms with Crippen LogP contribution in [0.4, 0.5) is 13.2 Å². The number of hydrogen-bond acceptors (Lipinski definition) is 2. The largest absolute Gasteiger partial charge is 0.481 e. The number of hydrogen-bond donors (Lipinski definition) is 2. The zero-order chi connectivity index (χ0) is 14.6. The number of nitrogens with one attached hydrogen (secondary N) is 1. The summed E-state index contributed by atoms with van der Waals surface area (Å²) in [5, 5.41) is 11.2. The lowest BCUT2D eigenvalue weighted by Gasteiger charge is -2.20. The van der Waals surface area contributed by atoms with Crippen LogP contribution in [0.5, 0.6) is 0 Å². The molecule has 19 heavy (non-hydrogen) atoms. The van der Waals surface area contributed by atoms with Crippen LogP contribution in [-0.2, 0) is 4.79 Å². The Morgan fingerprint density at radius 1 is 1.42 bits per heavy atom. The van der Waals surface area contributed by atoms with Crippen LogP contribution in [0.25, 0.3) is 0 Å². The summed E-state index contributed by atoms with van der Waals surface area (Å²) in [4.78, 5) is 10.6. The molecule has 1 aromatic rings. The minimum Gasteiger partial charge on any atom is -0.481 e. The molecule has 1 aromatic carbocycles. The molecule has 0 spiro atoms. The van der Waals surface area contributed by atoms with Crippen LogP contribution in [0.2, 0.25) is 0 Å². The van der Waals surface area contributed by atoms with Crippen LogP contribution >= 0.6 is 0 Å². The molecular formula is C13H16F3NO2. The summed E-state index contributed by atoms with van der Waals surface area (Å²) in [5.41, 5.74) is 1.82. The van der Waals surface area contributed by atoms with E-state index in [1.54, 1.807) is 19.1 Å². The third kappa shape index (κ3) is 4.55. The van der Waals surface area contributed by atoms with Crippen molar-refractivity contribution in [2.45, 2.75) is 26.1 Å². The predicted molar refractivity (Wildman–Crippen MR) is 64.8 cm³/mol. The molecule has 0 aliphatic carbocycles. The molecule has 106 valence electrons. The molecule has 2 N–H and O–H groups in total. The van der Waals surface area contributed by atoms with E-state index in [9.17, 15) is 18.0 Å². The highest BCUT2D eigenvalue weighted by Gasteiger charge is 2.44. The Labute approximate surface area is 109 Å². The first-order valence-corrected chi connectivity index (χ1v) is 5.81. The van der Waals surface area contributed by atoms with Gasteiger partial charge in [0, 0.05) is 12.6 Å². The summed E-state index contributed by atoms with van der Waals surface area (Å²) < 4.78 is 37.4. The molecule has 0 bridgehead atoms. The summed E-state index contributed by atoms with van der Waals surface area (Å²) in [7, 11) is 0. The van der Waals surface area contributed by atoms with Gasteiger partial charge in [0.25, 0.3) is 0 Å². The van der Waals surface area contributed by atoms with Gasteiger partial charge in [0.05, 0.1) is 0 Å². The van der Waals surface area contributed by atoms with Crippen molar-refractivity contribution in [1.82, 2.24) is 5.32 Å². The highest BCUT2D eigenvalue weighted by Crippen LogP contribution is 2.26. The molecule has 0 aliphatic heterocycles. The molecule has 1 unspecified atom stereocenters. The third-order valence-electron chi connectivity index (χ3n) is 2.86. The number of carboxylic acids is 1. The van der Waals surface area contributed by atoms with E-state index in [-0.39, 0.29) is 6.04 Å². The Kier molecular flexibility index (Phi) is 4.94. The zero-order valence-electron chi connectivity index (χ0n) is 10.7.